The van der Waals surface area contributed by atoms with Crippen molar-refractivity contribution in [3.63, 3.8) is 0 Å². The second-order valence-corrected chi connectivity index (χ2v) is 10.2. The maximum atomic E-state index is 12.9. The van der Waals surface area contributed by atoms with Crippen LogP contribution in [0.4, 0.5) is 10.5 Å². The van der Waals surface area contributed by atoms with Gasteiger partial charge in [0.15, 0.2) is 0 Å². The molecule has 2 amide bonds. The number of carbonyl (C=O) groups excluding carboxylic acids is 2. The maximum absolute atomic E-state index is 12.9. The molecule has 1 aromatic carbocycles. The van der Waals surface area contributed by atoms with Crippen molar-refractivity contribution in [2.24, 2.45) is 0 Å². The molecular weight excluding hydrogens is 418 g/mol. The molecule has 1 heterocycles. The van der Waals surface area contributed by atoms with Crippen molar-refractivity contribution in [2.75, 3.05) is 36.7 Å². The lowest BCUT2D eigenvalue weighted by Crippen LogP contribution is -2.51. The van der Waals surface area contributed by atoms with E-state index in [0.717, 1.165) is 25.7 Å². The van der Waals surface area contributed by atoms with Crippen molar-refractivity contribution >= 4 is 27.7 Å². The molecule has 0 unspecified atom stereocenters. The maximum Gasteiger partial charge on any atom is 0.410 e. The molecule has 0 spiro atoms. The minimum atomic E-state index is -3.38. The van der Waals surface area contributed by atoms with E-state index in [2.05, 4.69) is 4.72 Å². The van der Waals surface area contributed by atoms with Crippen molar-refractivity contribution in [3.05, 3.63) is 29.3 Å². The number of nitrogens with one attached hydrogen (secondary N) is 1. The molecular formula is C22H33N3O5S. The van der Waals surface area contributed by atoms with Crippen LogP contribution in [0.1, 0.15) is 61.4 Å². The lowest BCUT2D eigenvalue weighted by Gasteiger charge is -2.35. The number of benzene rings is 1. The number of rotatable bonds is 6. The summed E-state index contributed by atoms with van der Waals surface area (Å²) in [6.07, 6.45) is 5.58. The molecule has 1 aliphatic heterocycles. The summed E-state index contributed by atoms with van der Waals surface area (Å²) in [5, 5.41) is 0. The Balaban J connectivity index is 1.54. The van der Waals surface area contributed by atoms with Crippen molar-refractivity contribution in [2.45, 2.75) is 58.5 Å². The van der Waals surface area contributed by atoms with E-state index in [1.165, 1.54) is 6.42 Å². The van der Waals surface area contributed by atoms with Crippen LogP contribution >= 0.6 is 0 Å². The normalized spacial score (nSPS) is 18.0. The average molecular weight is 452 g/mol. The standard InChI is InChI=1S/C22H33N3O5S/c1-3-15-31(28,29)23-20-10-9-18(16-17(20)2)21(26)24-11-13-25(14-12-24)22(27)30-19-7-5-4-6-8-19/h9-10,16,19,23H,3-8,11-15H2,1-2H3. The number of hydrogen-bond acceptors (Lipinski definition) is 5. The molecule has 9 heteroatoms. The Morgan fingerprint density at radius 2 is 1.71 bits per heavy atom. The number of anilines is 1. The van der Waals surface area contributed by atoms with Crippen LogP contribution in [0.5, 0.6) is 0 Å². The Kier molecular flexibility index (Phi) is 7.80. The van der Waals surface area contributed by atoms with Crippen LogP contribution in [0.3, 0.4) is 0 Å². The largest absolute Gasteiger partial charge is 0.446 e. The second kappa shape index (κ2) is 10.3. The Morgan fingerprint density at radius 1 is 1.06 bits per heavy atom. The highest BCUT2D eigenvalue weighted by Gasteiger charge is 2.28. The van der Waals surface area contributed by atoms with E-state index < -0.39 is 10.0 Å². The predicted molar refractivity (Wildman–Crippen MR) is 120 cm³/mol. The number of aryl methyl sites for hydroxylation is 1. The molecule has 2 aliphatic rings. The molecule has 8 nitrogen and oxygen atoms in total. The molecule has 1 saturated carbocycles. The summed E-state index contributed by atoms with van der Waals surface area (Å²) < 4.78 is 32.2. The quantitative estimate of drug-likeness (QED) is 0.715. The smallest absolute Gasteiger partial charge is 0.410 e. The number of amides is 2. The summed E-state index contributed by atoms with van der Waals surface area (Å²) in [4.78, 5) is 28.7. The van der Waals surface area contributed by atoms with Crippen LogP contribution in [0.15, 0.2) is 18.2 Å². The van der Waals surface area contributed by atoms with Crippen LogP contribution in [-0.2, 0) is 14.8 Å². The number of hydrogen-bond donors (Lipinski definition) is 1. The van der Waals surface area contributed by atoms with Gasteiger partial charge in [0, 0.05) is 31.7 Å². The number of piperazine rings is 1. The van der Waals surface area contributed by atoms with Gasteiger partial charge in [-0.3, -0.25) is 9.52 Å². The van der Waals surface area contributed by atoms with Crippen molar-refractivity contribution in [3.8, 4) is 0 Å². The summed E-state index contributed by atoms with van der Waals surface area (Å²) in [5.41, 5.74) is 1.69. The van der Waals surface area contributed by atoms with Gasteiger partial charge in [-0.05, 0) is 62.8 Å². The Hall–Kier alpha value is -2.29. The molecule has 1 saturated heterocycles. The van der Waals surface area contributed by atoms with Crippen LogP contribution in [0.25, 0.3) is 0 Å². The van der Waals surface area contributed by atoms with Gasteiger partial charge < -0.3 is 14.5 Å². The van der Waals surface area contributed by atoms with Gasteiger partial charge >= 0.3 is 6.09 Å². The van der Waals surface area contributed by atoms with Gasteiger partial charge in [-0.25, -0.2) is 13.2 Å². The predicted octanol–water partition coefficient (Wildman–Crippen LogP) is 3.37. The van der Waals surface area contributed by atoms with Crippen LogP contribution in [0, 0.1) is 6.92 Å². The topological polar surface area (TPSA) is 96.0 Å². The Labute approximate surface area is 185 Å². The minimum Gasteiger partial charge on any atom is -0.446 e. The Morgan fingerprint density at radius 3 is 2.32 bits per heavy atom. The first-order valence-corrected chi connectivity index (χ1v) is 12.8. The zero-order valence-electron chi connectivity index (χ0n) is 18.4. The molecule has 1 N–H and O–H groups in total. The molecule has 2 fully saturated rings. The van der Waals surface area contributed by atoms with E-state index in [-0.39, 0.29) is 23.9 Å². The molecule has 31 heavy (non-hydrogen) atoms. The number of sulfonamides is 1. The molecule has 0 atom stereocenters. The van der Waals surface area contributed by atoms with E-state index >= 15 is 0 Å². The molecule has 0 aromatic heterocycles. The summed E-state index contributed by atoms with van der Waals surface area (Å²) >= 11 is 0. The Bertz CT molecular complexity index is 888. The van der Waals surface area contributed by atoms with Gasteiger partial charge in [0.2, 0.25) is 10.0 Å². The molecule has 0 bridgehead atoms. The van der Waals surface area contributed by atoms with Crippen LogP contribution in [0.2, 0.25) is 0 Å². The van der Waals surface area contributed by atoms with Gasteiger partial charge in [0.1, 0.15) is 6.10 Å². The zero-order chi connectivity index (χ0) is 22.4. The third kappa shape index (κ3) is 6.35. The lowest BCUT2D eigenvalue weighted by atomic mass is 9.98. The third-order valence-corrected chi connectivity index (χ3v) is 7.33. The monoisotopic (exact) mass is 451 g/mol. The number of nitrogens with zero attached hydrogens (tertiary/aromatic N) is 2. The van der Waals surface area contributed by atoms with Crippen molar-refractivity contribution in [1.82, 2.24) is 9.80 Å². The van der Waals surface area contributed by atoms with E-state index in [1.807, 2.05) is 6.92 Å². The molecule has 172 valence electrons. The van der Waals surface area contributed by atoms with Gasteiger partial charge in [-0.1, -0.05) is 13.3 Å². The van der Waals surface area contributed by atoms with Gasteiger partial charge in [0.25, 0.3) is 5.91 Å². The lowest BCUT2D eigenvalue weighted by molar-refractivity contribution is 0.0306. The molecule has 1 aliphatic carbocycles. The fraction of sp³-hybridized carbons (Fsp3) is 0.636. The number of ether oxygens (including phenoxy) is 1. The van der Waals surface area contributed by atoms with E-state index in [1.54, 1.807) is 34.9 Å². The fourth-order valence-corrected chi connectivity index (χ4v) is 5.28. The van der Waals surface area contributed by atoms with E-state index in [4.69, 9.17) is 4.74 Å². The van der Waals surface area contributed by atoms with Crippen molar-refractivity contribution in [1.29, 1.82) is 0 Å². The third-order valence-electron chi connectivity index (χ3n) is 5.86. The van der Waals surface area contributed by atoms with Gasteiger partial charge in [-0.2, -0.15) is 0 Å². The molecule has 3 rings (SSSR count). The summed E-state index contributed by atoms with van der Waals surface area (Å²) in [7, 11) is -3.38. The first kappa shape index (κ1) is 23.4. The summed E-state index contributed by atoms with van der Waals surface area (Å²) in [6.45, 7) is 5.38. The highest BCUT2D eigenvalue weighted by molar-refractivity contribution is 7.92. The highest BCUT2D eigenvalue weighted by atomic mass is 32.2. The van der Waals surface area contributed by atoms with Crippen LogP contribution < -0.4 is 4.72 Å². The summed E-state index contributed by atoms with van der Waals surface area (Å²) in [5.74, 6) is -0.0630. The number of carbonyl (C=O) groups is 2. The first-order valence-electron chi connectivity index (χ1n) is 11.1. The summed E-state index contributed by atoms with van der Waals surface area (Å²) in [6, 6.07) is 4.98. The SMILES string of the molecule is CCCS(=O)(=O)Nc1ccc(C(=O)N2CCN(C(=O)OC3CCCCC3)CC2)cc1C. The van der Waals surface area contributed by atoms with Gasteiger partial charge in [-0.15, -0.1) is 0 Å². The minimum absolute atomic E-state index is 0.0251. The van der Waals surface area contributed by atoms with Crippen molar-refractivity contribution < 1.29 is 22.7 Å². The fourth-order valence-electron chi connectivity index (χ4n) is 4.07. The van der Waals surface area contributed by atoms with E-state index in [9.17, 15) is 18.0 Å². The highest BCUT2D eigenvalue weighted by Crippen LogP contribution is 2.22. The van der Waals surface area contributed by atoms with Gasteiger partial charge in [0.05, 0.1) is 11.4 Å². The molecule has 1 aromatic rings. The first-order chi connectivity index (χ1) is 14.8. The second-order valence-electron chi connectivity index (χ2n) is 8.37. The zero-order valence-corrected chi connectivity index (χ0v) is 19.2. The van der Waals surface area contributed by atoms with E-state index in [0.29, 0.717) is 49.4 Å². The van der Waals surface area contributed by atoms with Crippen LogP contribution in [-0.4, -0.2) is 68.3 Å². The average Bonchev–Trinajstić information content (AvgIpc) is 2.75. The molecule has 0 radical (unpaired) electrons.